The number of nitrogens with zero attached hydrogens (tertiary/aromatic N) is 4. The van der Waals surface area contributed by atoms with Gasteiger partial charge in [-0.25, -0.2) is 15.0 Å². The van der Waals surface area contributed by atoms with Gasteiger partial charge < -0.3 is 14.6 Å². The van der Waals surface area contributed by atoms with Crippen LogP contribution >= 0.6 is 22.6 Å². The Kier molecular flexibility index (Phi) is 5.17. The van der Waals surface area contributed by atoms with Crippen molar-refractivity contribution in [3.05, 3.63) is 40.0 Å². The topological polar surface area (TPSA) is 64.9 Å². The van der Waals surface area contributed by atoms with Gasteiger partial charge in [-0.3, -0.25) is 0 Å². The Bertz CT molecular complexity index is 829. The smallest absolute Gasteiger partial charge is 0.194 e. The van der Waals surface area contributed by atoms with Crippen molar-refractivity contribution in [2.45, 2.75) is 33.4 Å². The maximum Gasteiger partial charge on any atom is 0.194 e. The molecule has 7 heteroatoms. The SMILES string of the molecule is CCOc1ccc(CNc2nc(I)nc3c2ncn3C(C)C)cc1. The number of rotatable bonds is 6. The Morgan fingerprint density at radius 2 is 1.96 bits per heavy atom. The quantitative estimate of drug-likeness (QED) is 0.466. The molecule has 1 N–H and O–H groups in total. The molecule has 0 saturated heterocycles. The van der Waals surface area contributed by atoms with Crippen molar-refractivity contribution in [3.8, 4) is 5.75 Å². The maximum absolute atomic E-state index is 5.47. The molecule has 0 fully saturated rings. The second-order valence-corrected chi connectivity index (χ2v) is 6.65. The average molecular weight is 437 g/mol. The highest BCUT2D eigenvalue weighted by Crippen LogP contribution is 2.23. The molecule has 0 aliphatic carbocycles. The van der Waals surface area contributed by atoms with E-state index in [9.17, 15) is 0 Å². The van der Waals surface area contributed by atoms with Gasteiger partial charge in [0.2, 0.25) is 0 Å². The maximum atomic E-state index is 5.47. The first kappa shape index (κ1) is 16.9. The lowest BCUT2D eigenvalue weighted by molar-refractivity contribution is 0.340. The van der Waals surface area contributed by atoms with Crippen LogP contribution in [0.4, 0.5) is 5.82 Å². The van der Waals surface area contributed by atoms with E-state index in [1.165, 1.54) is 0 Å². The number of halogens is 1. The number of hydrogen-bond donors (Lipinski definition) is 1. The Hall–Kier alpha value is -1.90. The molecule has 0 saturated carbocycles. The van der Waals surface area contributed by atoms with E-state index in [2.05, 4.69) is 61.3 Å². The van der Waals surface area contributed by atoms with Crippen LogP contribution in [0.25, 0.3) is 11.2 Å². The predicted molar refractivity (Wildman–Crippen MR) is 103 cm³/mol. The summed E-state index contributed by atoms with van der Waals surface area (Å²) in [5, 5.41) is 3.38. The van der Waals surface area contributed by atoms with Crippen LogP contribution in [0.3, 0.4) is 0 Å². The summed E-state index contributed by atoms with van der Waals surface area (Å²) in [5.41, 5.74) is 2.82. The molecule has 0 atom stereocenters. The number of fused-ring (bicyclic) bond motifs is 1. The molecule has 0 unspecified atom stereocenters. The first-order valence-corrected chi connectivity index (χ1v) is 9.02. The molecular weight excluding hydrogens is 417 g/mol. The molecule has 0 amide bonds. The van der Waals surface area contributed by atoms with E-state index in [1.54, 1.807) is 0 Å². The minimum absolute atomic E-state index is 0.305. The number of anilines is 1. The van der Waals surface area contributed by atoms with Crippen molar-refractivity contribution in [1.82, 2.24) is 19.5 Å². The third-order valence-electron chi connectivity index (χ3n) is 3.64. The Morgan fingerprint density at radius 1 is 1.21 bits per heavy atom. The third-order valence-corrected chi connectivity index (χ3v) is 4.13. The van der Waals surface area contributed by atoms with Crippen LogP contribution in [-0.2, 0) is 6.54 Å². The largest absolute Gasteiger partial charge is 0.494 e. The zero-order chi connectivity index (χ0) is 17.1. The summed E-state index contributed by atoms with van der Waals surface area (Å²) < 4.78 is 8.23. The molecule has 0 aliphatic rings. The number of hydrogen-bond acceptors (Lipinski definition) is 5. The first-order chi connectivity index (χ1) is 11.6. The second kappa shape index (κ2) is 7.33. The molecule has 3 rings (SSSR count). The van der Waals surface area contributed by atoms with Gasteiger partial charge in [0.15, 0.2) is 20.8 Å². The van der Waals surface area contributed by atoms with Gasteiger partial charge in [-0.2, -0.15) is 0 Å². The molecule has 1 aromatic carbocycles. The fraction of sp³-hybridized carbons (Fsp3) is 0.353. The number of benzene rings is 1. The second-order valence-electron chi connectivity index (χ2n) is 5.69. The highest BCUT2D eigenvalue weighted by molar-refractivity contribution is 14.1. The number of nitrogens with one attached hydrogen (secondary N) is 1. The van der Waals surface area contributed by atoms with Gasteiger partial charge in [-0.05, 0) is 38.5 Å². The van der Waals surface area contributed by atoms with Gasteiger partial charge in [0.25, 0.3) is 0 Å². The molecule has 2 aromatic heterocycles. The Labute approximate surface area is 154 Å². The summed E-state index contributed by atoms with van der Waals surface area (Å²) in [7, 11) is 0. The number of imidazole rings is 1. The van der Waals surface area contributed by atoms with E-state index in [0.29, 0.717) is 23.0 Å². The molecule has 126 valence electrons. The fourth-order valence-corrected chi connectivity index (χ4v) is 2.92. The zero-order valence-electron chi connectivity index (χ0n) is 14.0. The van der Waals surface area contributed by atoms with E-state index in [0.717, 1.165) is 28.3 Å². The lowest BCUT2D eigenvalue weighted by atomic mass is 10.2. The van der Waals surface area contributed by atoms with E-state index in [1.807, 2.05) is 37.5 Å². The Morgan fingerprint density at radius 3 is 2.62 bits per heavy atom. The van der Waals surface area contributed by atoms with E-state index < -0.39 is 0 Å². The summed E-state index contributed by atoms with van der Waals surface area (Å²) in [6, 6.07) is 8.36. The van der Waals surface area contributed by atoms with Gasteiger partial charge in [-0.1, -0.05) is 12.1 Å². The number of ether oxygens (including phenoxy) is 1. The zero-order valence-corrected chi connectivity index (χ0v) is 16.1. The summed E-state index contributed by atoms with van der Waals surface area (Å²) >= 11 is 2.14. The lowest BCUT2D eigenvalue weighted by Gasteiger charge is -2.10. The van der Waals surface area contributed by atoms with Crippen LogP contribution in [0.2, 0.25) is 0 Å². The molecule has 3 aromatic rings. The Balaban J connectivity index is 1.82. The normalized spacial score (nSPS) is 11.2. The van der Waals surface area contributed by atoms with Crippen molar-refractivity contribution in [1.29, 1.82) is 0 Å². The van der Waals surface area contributed by atoms with Crippen LogP contribution in [-0.4, -0.2) is 26.1 Å². The van der Waals surface area contributed by atoms with Gasteiger partial charge in [0.05, 0.1) is 12.9 Å². The van der Waals surface area contributed by atoms with Crippen LogP contribution in [0.1, 0.15) is 32.4 Å². The fourth-order valence-electron chi connectivity index (χ4n) is 2.45. The van der Waals surface area contributed by atoms with E-state index in [-0.39, 0.29) is 0 Å². The molecular formula is C17H20IN5O. The van der Waals surface area contributed by atoms with Crippen molar-refractivity contribution in [2.75, 3.05) is 11.9 Å². The molecule has 2 heterocycles. The molecule has 0 bridgehead atoms. The van der Waals surface area contributed by atoms with Gasteiger partial charge in [0.1, 0.15) is 5.75 Å². The van der Waals surface area contributed by atoms with Crippen molar-refractivity contribution < 1.29 is 4.74 Å². The molecule has 0 spiro atoms. The monoisotopic (exact) mass is 437 g/mol. The van der Waals surface area contributed by atoms with Crippen molar-refractivity contribution >= 4 is 39.6 Å². The summed E-state index contributed by atoms with van der Waals surface area (Å²) in [6.07, 6.45) is 1.82. The van der Waals surface area contributed by atoms with Gasteiger partial charge >= 0.3 is 0 Å². The van der Waals surface area contributed by atoms with Crippen LogP contribution in [0.15, 0.2) is 30.6 Å². The standard InChI is InChI=1S/C17H20IN5O/c1-4-24-13-7-5-12(6-8-13)9-19-15-14-16(22-17(18)21-15)23(10-20-14)11(2)3/h5-8,10-11H,4,9H2,1-3H3,(H,19,21,22). The molecule has 6 nitrogen and oxygen atoms in total. The van der Waals surface area contributed by atoms with Crippen LogP contribution in [0.5, 0.6) is 5.75 Å². The van der Waals surface area contributed by atoms with Crippen LogP contribution < -0.4 is 10.1 Å². The third kappa shape index (κ3) is 3.61. The first-order valence-electron chi connectivity index (χ1n) is 7.94. The average Bonchev–Trinajstić information content (AvgIpc) is 2.98. The summed E-state index contributed by atoms with van der Waals surface area (Å²) in [6.45, 7) is 7.55. The van der Waals surface area contributed by atoms with E-state index in [4.69, 9.17) is 4.74 Å². The minimum atomic E-state index is 0.305. The van der Waals surface area contributed by atoms with Gasteiger partial charge in [-0.15, -0.1) is 0 Å². The van der Waals surface area contributed by atoms with Crippen molar-refractivity contribution in [2.24, 2.45) is 0 Å². The molecule has 0 radical (unpaired) electrons. The van der Waals surface area contributed by atoms with Crippen LogP contribution in [0, 0.1) is 3.83 Å². The molecule has 24 heavy (non-hydrogen) atoms. The summed E-state index contributed by atoms with van der Waals surface area (Å²) in [4.78, 5) is 13.5. The highest BCUT2D eigenvalue weighted by Gasteiger charge is 2.13. The molecule has 0 aliphatic heterocycles. The number of aromatic nitrogens is 4. The van der Waals surface area contributed by atoms with Crippen molar-refractivity contribution in [3.63, 3.8) is 0 Å². The summed E-state index contributed by atoms with van der Waals surface area (Å²) in [5.74, 6) is 1.65. The lowest BCUT2D eigenvalue weighted by Crippen LogP contribution is -2.06. The highest BCUT2D eigenvalue weighted by atomic mass is 127. The minimum Gasteiger partial charge on any atom is -0.494 e. The van der Waals surface area contributed by atoms with E-state index >= 15 is 0 Å². The predicted octanol–water partition coefficient (Wildman–Crippen LogP) is 4.02. The van der Waals surface area contributed by atoms with Gasteiger partial charge in [0, 0.05) is 35.2 Å².